The van der Waals surface area contributed by atoms with Gasteiger partial charge in [0.25, 0.3) is 5.91 Å². The van der Waals surface area contributed by atoms with Gasteiger partial charge < -0.3 is 14.2 Å². The van der Waals surface area contributed by atoms with Gasteiger partial charge in [0.15, 0.2) is 17.2 Å². The fourth-order valence-electron chi connectivity index (χ4n) is 3.15. The van der Waals surface area contributed by atoms with Crippen LogP contribution < -0.4 is 9.64 Å². The van der Waals surface area contributed by atoms with Crippen LogP contribution in [0.25, 0.3) is 10.4 Å². The second-order valence-electron chi connectivity index (χ2n) is 7.01. The van der Waals surface area contributed by atoms with Crippen molar-refractivity contribution in [1.82, 2.24) is 0 Å². The lowest BCUT2D eigenvalue weighted by molar-refractivity contribution is -0.145. The lowest BCUT2D eigenvalue weighted by Crippen LogP contribution is -2.43. The molecule has 0 saturated heterocycles. The van der Waals surface area contributed by atoms with Crippen molar-refractivity contribution in [1.29, 1.82) is 0 Å². The molecule has 190 valence electrons. The summed E-state index contributed by atoms with van der Waals surface area (Å²) in [5.74, 6) is -2.68. The predicted octanol–water partition coefficient (Wildman–Crippen LogP) is 6.07. The molecule has 0 radical (unpaired) electrons. The molecule has 1 aromatic heterocycles. The molecular formula is C24H19BrF3NO6S. The lowest BCUT2D eigenvalue weighted by Gasteiger charge is -2.25. The number of halogens is 4. The van der Waals surface area contributed by atoms with Crippen molar-refractivity contribution < 1.29 is 41.8 Å². The quantitative estimate of drug-likeness (QED) is 0.235. The molecule has 12 heteroatoms. The molecule has 0 aliphatic carbocycles. The zero-order valence-electron chi connectivity index (χ0n) is 18.9. The summed E-state index contributed by atoms with van der Waals surface area (Å²) in [6.07, 6.45) is -4.97. The van der Waals surface area contributed by atoms with E-state index in [1.54, 1.807) is 13.0 Å². The van der Waals surface area contributed by atoms with Crippen LogP contribution in [0.4, 0.5) is 18.9 Å². The molecule has 3 aromatic rings. The average molecular weight is 586 g/mol. The SMILES string of the molecule is CCOC(=O)COc1c(C(=O)OC)sc(-c2cccc(C(=O)N(c3ccccc3)C(F)(F)F)c2)c1Br. The number of esters is 2. The maximum atomic E-state index is 13.8. The second-order valence-corrected chi connectivity index (χ2v) is 8.83. The fraction of sp³-hybridized carbons (Fsp3) is 0.208. The Hall–Kier alpha value is -3.38. The van der Waals surface area contributed by atoms with E-state index in [-0.39, 0.29) is 37.9 Å². The van der Waals surface area contributed by atoms with Crippen LogP contribution in [0.5, 0.6) is 5.75 Å². The van der Waals surface area contributed by atoms with Gasteiger partial charge in [-0.2, -0.15) is 0 Å². The number of alkyl halides is 3. The van der Waals surface area contributed by atoms with Crippen LogP contribution in [0.1, 0.15) is 27.0 Å². The lowest BCUT2D eigenvalue weighted by atomic mass is 10.1. The highest BCUT2D eigenvalue weighted by Crippen LogP contribution is 2.46. The highest BCUT2D eigenvalue weighted by atomic mass is 79.9. The first-order valence-electron chi connectivity index (χ1n) is 10.3. The molecule has 7 nitrogen and oxygen atoms in total. The maximum absolute atomic E-state index is 13.8. The van der Waals surface area contributed by atoms with Crippen molar-refractivity contribution in [2.24, 2.45) is 0 Å². The molecule has 0 aliphatic heterocycles. The second kappa shape index (κ2) is 11.6. The first-order valence-corrected chi connectivity index (χ1v) is 11.9. The minimum absolute atomic E-state index is 0.00726. The van der Waals surface area contributed by atoms with Crippen molar-refractivity contribution in [2.45, 2.75) is 13.2 Å². The Morgan fingerprint density at radius 3 is 2.36 bits per heavy atom. The van der Waals surface area contributed by atoms with Gasteiger partial charge in [-0.1, -0.05) is 30.3 Å². The molecule has 0 bridgehead atoms. The Morgan fingerprint density at radius 2 is 1.75 bits per heavy atom. The molecule has 0 N–H and O–H groups in total. The van der Waals surface area contributed by atoms with Crippen LogP contribution in [0.15, 0.2) is 59.1 Å². The Morgan fingerprint density at radius 1 is 1.06 bits per heavy atom. The van der Waals surface area contributed by atoms with Crippen LogP contribution in [0.3, 0.4) is 0 Å². The molecule has 2 aromatic carbocycles. The van der Waals surface area contributed by atoms with E-state index in [9.17, 15) is 27.6 Å². The summed E-state index contributed by atoms with van der Waals surface area (Å²) >= 11 is 4.26. The van der Waals surface area contributed by atoms with Crippen LogP contribution in [-0.4, -0.2) is 44.5 Å². The van der Waals surface area contributed by atoms with Crippen LogP contribution in [0, 0.1) is 0 Å². The number of thiophene rings is 1. The molecule has 0 saturated carbocycles. The van der Waals surface area contributed by atoms with Crippen molar-refractivity contribution in [3.05, 3.63) is 69.5 Å². The number of methoxy groups -OCH3 is 1. The predicted molar refractivity (Wildman–Crippen MR) is 130 cm³/mol. The summed E-state index contributed by atoms with van der Waals surface area (Å²) in [6.45, 7) is 1.28. The maximum Gasteiger partial charge on any atom is 0.491 e. The zero-order chi connectivity index (χ0) is 26.5. The third-order valence-electron chi connectivity index (χ3n) is 4.66. The largest absolute Gasteiger partial charge is 0.491 e. The zero-order valence-corrected chi connectivity index (χ0v) is 21.3. The third-order valence-corrected chi connectivity index (χ3v) is 6.88. The Kier molecular flexibility index (Phi) is 8.75. The van der Waals surface area contributed by atoms with Crippen molar-refractivity contribution in [3.8, 4) is 16.2 Å². The molecule has 0 unspecified atom stereocenters. The van der Waals surface area contributed by atoms with Gasteiger partial charge >= 0.3 is 18.2 Å². The number of para-hydroxylation sites is 1. The van der Waals surface area contributed by atoms with Gasteiger partial charge in [-0.3, -0.25) is 4.79 Å². The van der Waals surface area contributed by atoms with Gasteiger partial charge in [-0.15, -0.1) is 24.5 Å². The molecule has 36 heavy (non-hydrogen) atoms. The number of carbonyl (C=O) groups excluding carboxylic acids is 3. The number of rotatable bonds is 8. The Bertz CT molecular complexity index is 1260. The monoisotopic (exact) mass is 585 g/mol. The van der Waals surface area contributed by atoms with Gasteiger partial charge in [0.1, 0.15) is 0 Å². The molecule has 3 rings (SSSR count). The number of hydrogen-bond acceptors (Lipinski definition) is 7. The number of amides is 1. The minimum atomic E-state index is -4.97. The topological polar surface area (TPSA) is 82.1 Å². The molecule has 0 atom stereocenters. The van der Waals surface area contributed by atoms with E-state index in [2.05, 4.69) is 15.9 Å². The first-order chi connectivity index (χ1) is 17.1. The van der Waals surface area contributed by atoms with E-state index in [1.165, 1.54) is 55.6 Å². The summed E-state index contributed by atoms with van der Waals surface area (Å²) in [6, 6.07) is 12.2. The Balaban J connectivity index is 2.02. The average Bonchev–Trinajstić information content (AvgIpc) is 3.18. The number of hydrogen-bond donors (Lipinski definition) is 0. The minimum Gasteiger partial charge on any atom is -0.479 e. The van der Waals surface area contributed by atoms with E-state index in [4.69, 9.17) is 14.2 Å². The smallest absolute Gasteiger partial charge is 0.479 e. The first kappa shape index (κ1) is 27.2. The molecule has 0 fully saturated rings. The molecular weight excluding hydrogens is 567 g/mol. The molecule has 1 amide bonds. The fourth-order valence-corrected chi connectivity index (χ4v) is 5.12. The molecule has 1 heterocycles. The number of ether oxygens (including phenoxy) is 3. The summed E-state index contributed by atoms with van der Waals surface area (Å²) in [5, 5.41) is 0. The number of nitrogens with zero attached hydrogens (tertiary/aromatic N) is 1. The van der Waals surface area contributed by atoms with Crippen LogP contribution in [-0.2, 0) is 14.3 Å². The molecule has 0 aliphatic rings. The van der Waals surface area contributed by atoms with E-state index >= 15 is 0 Å². The van der Waals surface area contributed by atoms with E-state index in [0.717, 1.165) is 11.3 Å². The van der Waals surface area contributed by atoms with Gasteiger partial charge in [-0.25, -0.2) is 14.5 Å². The number of carbonyl (C=O) groups is 3. The summed E-state index contributed by atoms with van der Waals surface area (Å²) in [4.78, 5) is 37.2. The summed E-state index contributed by atoms with van der Waals surface area (Å²) < 4.78 is 56.8. The van der Waals surface area contributed by atoms with E-state index in [0.29, 0.717) is 10.4 Å². The van der Waals surface area contributed by atoms with E-state index in [1.807, 2.05) is 0 Å². The number of anilines is 1. The van der Waals surface area contributed by atoms with Gasteiger partial charge in [-0.05, 0) is 52.7 Å². The highest BCUT2D eigenvalue weighted by Gasteiger charge is 2.42. The van der Waals surface area contributed by atoms with Gasteiger partial charge in [0.05, 0.1) is 28.8 Å². The molecule has 0 spiro atoms. The van der Waals surface area contributed by atoms with Gasteiger partial charge in [0, 0.05) is 5.56 Å². The highest BCUT2D eigenvalue weighted by molar-refractivity contribution is 9.10. The summed E-state index contributed by atoms with van der Waals surface area (Å²) in [5.41, 5.74) is -0.230. The van der Waals surface area contributed by atoms with E-state index < -0.39 is 30.8 Å². The summed E-state index contributed by atoms with van der Waals surface area (Å²) in [7, 11) is 1.17. The van der Waals surface area contributed by atoms with Crippen molar-refractivity contribution in [3.63, 3.8) is 0 Å². The normalized spacial score (nSPS) is 11.1. The standard InChI is InChI=1S/C24H19BrF3NO6S/c1-3-34-17(30)13-35-19-18(25)20(36-21(19)23(32)33-2)14-8-7-9-15(12-14)22(31)29(24(26,27)28)16-10-5-4-6-11-16/h4-12H,3,13H2,1-2H3. The van der Waals surface area contributed by atoms with Crippen molar-refractivity contribution >= 4 is 50.8 Å². The van der Waals surface area contributed by atoms with Crippen LogP contribution >= 0.6 is 27.3 Å². The Labute approximate surface area is 216 Å². The van der Waals surface area contributed by atoms with Gasteiger partial charge in [0.2, 0.25) is 0 Å². The van der Waals surface area contributed by atoms with Crippen LogP contribution in [0.2, 0.25) is 0 Å². The van der Waals surface area contributed by atoms with Crippen molar-refractivity contribution in [2.75, 3.05) is 25.2 Å². The third kappa shape index (κ3) is 6.05. The number of benzene rings is 2.